The molecule has 0 saturated carbocycles. The molecule has 4 heterocycles. The van der Waals surface area contributed by atoms with Crippen LogP contribution in [0.15, 0.2) is 35.5 Å². The van der Waals surface area contributed by atoms with Crippen LogP contribution in [-0.4, -0.2) is 93.4 Å². The van der Waals surface area contributed by atoms with E-state index in [2.05, 4.69) is 25.3 Å². The number of aromatic hydroxyl groups is 1. The zero-order chi connectivity index (χ0) is 37.4. The molecule has 20 heteroatoms. The van der Waals surface area contributed by atoms with E-state index in [9.17, 15) is 48.0 Å². The average Bonchev–Trinajstić information content (AvgIpc) is 3.06. The van der Waals surface area contributed by atoms with Crippen LogP contribution in [-0.2, 0) is 23.9 Å². The quantitative estimate of drug-likeness (QED) is 0.136. The summed E-state index contributed by atoms with van der Waals surface area (Å²) in [6.07, 6.45) is -5.31. The van der Waals surface area contributed by atoms with Crippen molar-refractivity contribution in [3.05, 3.63) is 68.6 Å². The summed E-state index contributed by atoms with van der Waals surface area (Å²) in [5, 5.41) is 42.8. The third-order valence-electron chi connectivity index (χ3n) is 8.28. The minimum Gasteiger partial charge on any atom is -0.504 e. The lowest BCUT2D eigenvalue weighted by atomic mass is 10.0. The van der Waals surface area contributed by atoms with Gasteiger partial charge in [0.2, 0.25) is 11.3 Å². The van der Waals surface area contributed by atoms with E-state index in [1.807, 2.05) is 12.2 Å². The largest absolute Gasteiger partial charge is 0.504 e. The summed E-state index contributed by atoms with van der Waals surface area (Å²) in [5.74, 6) is -2.03. The van der Waals surface area contributed by atoms with E-state index in [-0.39, 0.29) is 70.8 Å². The highest BCUT2D eigenvalue weighted by Crippen LogP contribution is 2.34. The summed E-state index contributed by atoms with van der Waals surface area (Å²) >= 11 is 6.07. The number of hydrogen-bond acceptors (Lipinski definition) is 13. The van der Waals surface area contributed by atoms with Crippen LogP contribution in [0.4, 0.5) is 30.4 Å². The summed E-state index contributed by atoms with van der Waals surface area (Å²) in [7, 11) is 0. The van der Waals surface area contributed by atoms with E-state index in [0.29, 0.717) is 18.2 Å². The number of anilines is 3. The highest BCUT2D eigenvalue weighted by molar-refractivity contribution is 6.33. The topological polar surface area (TPSA) is 219 Å². The number of carbonyl (C=O) groups excluding carboxylic acids is 2. The van der Waals surface area contributed by atoms with E-state index in [0.717, 1.165) is 18.3 Å². The lowest BCUT2D eigenvalue weighted by molar-refractivity contribution is -0.289. The van der Waals surface area contributed by atoms with Gasteiger partial charge in [-0.15, -0.1) is 0 Å². The van der Waals surface area contributed by atoms with E-state index >= 15 is 0 Å². The second-order valence-electron chi connectivity index (χ2n) is 11.7. The van der Waals surface area contributed by atoms with Crippen molar-refractivity contribution in [2.24, 2.45) is 0 Å². The van der Waals surface area contributed by atoms with Crippen LogP contribution in [0.25, 0.3) is 11.2 Å². The zero-order valence-electron chi connectivity index (χ0n) is 27.4. The molecule has 5 rings (SSSR count). The molecule has 1 aliphatic rings. The van der Waals surface area contributed by atoms with Gasteiger partial charge in [0.1, 0.15) is 18.6 Å². The number of piperazine rings is 1. The normalized spacial score (nSPS) is 15.3. The van der Waals surface area contributed by atoms with Gasteiger partial charge in [0.15, 0.2) is 28.4 Å². The molecule has 1 unspecified atom stereocenters. The zero-order valence-corrected chi connectivity index (χ0v) is 28.1. The van der Waals surface area contributed by atoms with E-state index < -0.39 is 53.5 Å². The molecular weight excluding hydrogens is 703 g/mol. The molecule has 1 saturated heterocycles. The predicted octanol–water partition coefficient (Wildman–Crippen LogP) is 2.21. The number of halogens is 4. The van der Waals surface area contributed by atoms with Crippen LogP contribution in [0.5, 0.6) is 5.75 Å². The van der Waals surface area contributed by atoms with E-state index in [1.165, 1.54) is 22.7 Å². The summed E-state index contributed by atoms with van der Waals surface area (Å²) < 4.78 is 40.9. The Morgan fingerprint density at radius 1 is 1.10 bits per heavy atom. The van der Waals surface area contributed by atoms with Crippen molar-refractivity contribution in [3.63, 3.8) is 0 Å². The third kappa shape index (κ3) is 7.80. The van der Waals surface area contributed by atoms with Crippen molar-refractivity contribution in [1.29, 1.82) is 0 Å². The Morgan fingerprint density at radius 2 is 1.82 bits per heavy atom. The van der Waals surface area contributed by atoms with Crippen molar-refractivity contribution in [2.45, 2.75) is 58.5 Å². The van der Waals surface area contributed by atoms with Gasteiger partial charge in [-0.3, -0.25) is 19.7 Å². The highest BCUT2D eigenvalue weighted by atomic mass is 35.5. The van der Waals surface area contributed by atoms with E-state index in [4.69, 9.17) is 11.6 Å². The first-order valence-corrected chi connectivity index (χ1v) is 15.9. The number of nitrogens with zero attached hydrogens (tertiary/aromatic N) is 7. The van der Waals surface area contributed by atoms with Crippen molar-refractivity contribution >= 4 is 51.8 Å². The Morgan fingerprint density at radius 3 is 2.45 bits per heavy atom. The van der Waals surface area contributed by atoms with Crippen LogP contribution in [0.1, 0.15) is 47.7 Å². The third-order valence-corrected chi connectivity index (χ3v) is 8.59. The minimum atomic E-state index is -4.66. The van der Waals surface area contributed by atoms with Crippen molar-refractivity contribution in [1.82, 2.24) is 29.4 Å². The van der Waals surface area contributed by atoms with Gasteiger partial charge in [0, 0.05) is 31.4 Å². The molecule has 272 valence electrons. The number of rotatable bonds is 9. The van der Waals surface area contributed by atoms with Crippen molar-refractivity contribution in [2.75, 3.05) is 35.2 Å². The molecule has 16 nitrogen and oxygen atoms in total. The maximum Gasteiger partial charge on any atom is 0.416 e. The Kier molecular flexibility index (Phi) is 10.4. The lowest BCUT2D eigenvalue weighted by Gasteiger charge is -2.43. The number of carbonyl (C=O) groups is 2. The number of aromatic nitrogens is 5. The summed E-state index contributed by atoms with van der Waals surface area (Å²) in [6, 6.07) is 1.98. The number of benzene rings is 1. The summed E-state index contributed by atoms with van der Waals surface area (Å²) in [4.78, 5) is 60.6. The number of nitrogens with one attached hydrogen (secondary N) is 2. The highest BCUT2D eigenvalue weighted by Gasteiger charge is 2.35. The number of aliphatic hydroxyl groups is 3. The molecule has 0 aliphatic carbocycles. The van der Waals surface area contributed by atoms with Crippen LogP contribution in [0.3, 0.4) is 0 Å². The number of pyridine rings is 1. The van der Waals surface area contributed by atoms with Crippen molar-refractivity contribution < 1.29 is 43.2 Å². The Hall–Kier alpha value is -5.11. The molecule has 1 aliphatic heterocycles. The smallest absolute Gasteiger partial charge is 0.416 e. The molecule has 0 radical (unpaired) electrons. The fourth-order valence-corrected chi connectivity index (χ4v) is 6.10. The molecule has 3 aromatic heterocycles. The molecule has 51 heavy (non-hydrogen) atoms. The summed E-state index contributed by atoms with van der Waals surface area (Å²) in [6.45, 7) is 4.91. The number of fused-ring (bicyclic) bond motifs is 1. The van der Waals surface area contributed by atoms with Crippen LogP contribution < -0.4 is 21.0 Å². The minimum absolute atomic E-state index is 0.0979. The number of aryl methyl sites for hydroxylation is 1. The van der Waals surface area contributed by atoms with Gasteiger partial charge in [-0.05, 0) is 38.0 Å². The second-order valence-corrected chi connectivity index (χ2v) is 12.1. The first-order valence-electron chi connectivity index (χ1n) is 15.5. The van der Waals surface area contributed by atoms with Gasteiger partial charge >= 0.3 is 12.3 Å². The Balaban J connectivity index is 1.57. The Labute approximate surface area is 292 Å². The SMILES string of the molecule is CCc1c(N2CCN(C(=O)c3ncnc(C)c3O)CC2CC)c(=O)c2nc(NC(O)(O)O)cnc2n1CC(=O)Nc1ccc(C(F)(F)F)cc1Cl. The molecule has 1 aromatic carbocycles. The number of alkyl halides is 3. The monoisotopic (exact) mass is 735 g/mol. The molecule has 2 amide bonds. The first-order chi connectivity index (χ1) is 23.9. The number of amides is 2. The van der Waals surface area contributed by atoms with Gasteiger partial charge in [0.25, 0.3) is 5.91 Å². The van der Waals surface area contributed by atoms with Crippen LogP contribution in [0, 0.1) is 6.92 Å². The number of hydrogen-bond donors (Lipinski definition) is 6. The van der Waals surface area contributed by atoms with Crippen molar-refractivity contribution in [3.8, 4) is 5.75 Å². The van der Waals surface area contributed by atoms with Crippen LogP contribution in [0.2, 0.25) is 5.02 Å². The van der Waals surface area contributed by atoms with E-state index in [1.54, 1.807) is 11.8 Å². The maximum atomic E-state index is 14.3. The standard InChI is InChI=1S/C31H33ClF3N9O7/c1-4-17-12-42(29(48)24-26(46)15(3)37-14-38-24)8-9-43(17)25-20(5-2)44(28-23(27(25)47)40-21(11-36-28)41-31(49,50)51)13-22(45)39-19-7-6-16(10-18(19)32)30(33,34)35/h6-7,10-11,14,17,46,49-51H,4-5,8-9,12-13H2,1-3H3,(H,39,45)(H,40,41). The lowest BCUT2D eigenvalue weighted by Crippen LogP contribution is -2.56. The first kappa shape index (κ1) is 37.2. The van der Waals surface area contributed by atoms with Gasteiger partial charge in [-0.2, -0.15) is 13.2 Å². The molecule has 0 spiro atoms. The van der Waals surface area contributed by atoms with Gasteiger partial charge in [-0.1, -0.05) is 25.4 Å². The summed E-state index contributed by atoms with van der Waals surface area (Å²) in [5.41, 5.74) is -1.69. The average molecular weight is 736 g/mol. The molecule has 1 fully saturated rings. The van der Waals surface area contributed by atoms with Gasteiger partial charge in [-0.25, -0.2) is 19.9 Å². The molecular formula is C31H33ClF3N9O7. The fraction of sp³-hybridized carbons (Fsp3) is 0.387. The molecule has 1 atom stereocenters. The molecule has 0 bridgehead atoms. The van der Waals surface area contributed by atoms with Gasteiger partial charge < -0.3 is 40.1 Å². The van der Waals surface area contributed by atoms with Gasteiger partial charge in [0.05, 0.1) is 28.2 Å². The molecule has 4 aromatic rings. The molecule has 6 N–H and O–H groups in total. The van der Waals surface area contributed by atoms with Crippen LogP contribution >= 0.6 is 11.6 Å². The fourth-order valence-electron chi connectivity index (χ4n) is 5.87. The predicted molar refractivity (Wildman–Crippen MR) is 177 cm³/mol. The Bertz CT molecular complexity index is 2060. The maximum absolute atomic E-state index is 14.3. The second kappa shape index (κ2) is 14.3.